The van der Waals surface area contributed by atoms with E-state index in [2.05, 4.69) is 10.1 Å². The third-order valence-corrected chi connectivity index (χ3v) is 4.84. The van der Waals surface area contributed by atoms with Crippen molar-refractivity contribution in [3.05, 3.63) is 70.1 Å². The molecule has 0 saturated carbocycles. The minimum absolute atomic E-state index is 0.0654. The maximum atomic E-state index is 12.4. The van der Waals surface area contributed by atoms with Crippen LogP contribution in [-0.4, -0.2) is 39.4 Å². The van der Waals surface area contributed by atoms with Crippen LogP contribution in [0.1, 0.15) is 38.6 Å². The monoisotopic (exact) mass is 425 g/mol. The van der Waals surface area contributed by atoms with Gasteiger partial charge in [-0.15, -0.1) is 0 Å². The van der Waals surface area contributed by atoms with E-state index in [0.717, 1.165) is 10.5 Å². The quantitative estimate of drug-likeness (QED) is 0.440. The Bertz CT molecular complexity index is 1140. The smallest absolute Gasteiger partial charge is 0.308 e. The van der Waals surface area contributed by atoms with Crippen LogP contribution in [0.4, 0.5) is 0 Å². The summed E-state index contributed by atoms with van der Waals surface area (Å²) < 4.78 is 10.2. The molecule has 0 saturated heterocycles. The Balaban J connectivity index is 1.30. The van der Waals surface area contributed by atoms with Gasteiger partial charge in [0.05, 0.1) is 17.5 Å². The van der Waals surface area contributed by atoms with Gasteiger partial charge in [0.25, 0.3) is 17.7 Å². The van der Waals surface area contributed by atoms with Crippen LogP contribution in [0.25, 0.3) is 11.4 Å². The van der Waals surface area contributed by atoms with Crippen molar-refractivity contribution in [3.63, 3.8) is 0 Å². The van der Waals surface area contributed by atoms with Gasteiger partial charge >= 0.3 is 5.97 Å². The molecular weight excluding hydrogens is 410 g/mol. The number of benzene rings is 2. The molecular formula is C21H16ClN3O5. The van der Waals surface area contributed by atoms with Gasteiger partial charge in [0.2, 0.25) is 5.82 Å². The van der Waals surface area contributed by atoms with Crippen LogP contribution in [0.15, 0.2) is 47.0 Å². The summed E-state index contributed by atoms with van der Waals surface area (Å²) in [6.45, 7) is 1.57. The fourth-order valence-electron chi connectivity index (χ4n) is 3.05. The third-order valence-electron chi connectivity index (χ3n) is 4.59. The molecule has 2 heterocycles. The number of hydrogen-bond acceptors (Lipinski definition) is 7. The van der Waals surface area contributed by atoms with Gasteiger partial charge in [-0.05, 0) is 43.3 Å². The average molecular weight is 426 g/mol. The van der Waals surface area contributed by atoms with Crippen molar-refractivity contribution in [2.75, 3.05) is 6.54 Å². The van der Waals surface area contributed by atoms with Gasteiger partial charge in [0, 0.05) is 17.1 Å². The fourth-order valence-corrected chi connectivity index (χ4v) is 3.18. The van der Waals surface area contributed by atoms with E-state index in [0.29, 0.717) is 27.5 Å². The Hall–Kier alpha value is -3.52. The molecule has 0 unspecified atom stereocenters. The van der Waals surface area contributed by atoms with Gasteiger partial charge in [-0.25, -0.2) is 0 Å². The molecule has 0 aliphatic carbocycles. The largest absolute Gasteiger partial charge is 0.456 e. The number of aryl methyl sites for hydroxylation is 1. The molecule has 9 heteroatoms. The van der Waals surface area contributed by atoms with Crippen LogP contribution in [0, 0.1) is 6.92 Å². The van der Waals surface area contributed by atoms with E-state index in [1.54, 1.807) is 42.5 Å². The van der Waals surface area contributed by atoms with Gasteiger partial charge in [-0.3, -0.25) is 19.3 Å². The summed E-state index contributed by atoms with van der Waals surface area (Å²) >= 11 is 5.85. The molecule has 1 aromatic heterocycles. The first-order valence-corrected chi connectivity index (χ1v) is 9.51. The van der Waals surface area contributed by atoms with E-state index >= 15 is 0 Å². The van der Waals surface area contributed by atoms with Crippen LogP contribution in [0.3, 0.4) is 0 Å². The second kappa shape index (κ2) is 8.08. The van der Waals surface area contributed by atoms with E-state index < -0.39 is 17.8 Å². The molecule has 30 heavy (non-hydrogen) atoms. The van der Waals surface area contributed by atoms with Gasteiger partial charge in [0.1, 0.15) is 0 Å². The summed E-state index contributed by atoms with van der Waals surface area (Å²) in [6.07, 6.45) is -0.136. The topological polar surface area (TPSA) is 103 Å². The summed E-state index contributed by atoms with van der Waals surface area (Å²) in [4.78, 5) is 42.1. The molecule has 0 atom stereocenters. The molecule has 0 spiro atoms. The van der Waals surface area contributed by atoms with Crippen molar-refractivity contribution in [2.45, 2.75) is 20.0 Å². The first-order chi connectivity index (χ1) is 14.4. The van der Waals surface area contributed by atoms with Crippen LogP contribution in [-0.2, 0) is 16.1 Å². The average Bonchev–Trinajstić information content (AvgIpc) is 3.29. The Labute approximate surface area is 176 Å². The molecule has 4 rings (SSSR count). The number of ether oxygens (including phenoxy) is 1. The standard InChI is InChI=1S/C21H16ClN3O5/c1-12-2-7-15-16(10-12)21(28)25(20(15)27)9-8-18(26)29-11-17-23-19(24-30-17)13-3-5-14(22)6-4-13/h2-7,10H,8-9,11H2,1H3. The molecule has 1 aliphatic rings. The zero-order valence-electron chi connectivity index (χ0n) is 15.9. The first kappa shape index (κ1) is 19.8. The van der Waals surface area contributed by atoms with Crippen LogP contribution in [0.5, 0.6) is 0 Å². The first-order valence-electron chi connectivity index (χ1n) is 9.13. The molecule has 0 fully saturated rings. The van der Waals surface area contributed by atoms with E-state index in [1.165, 1.54) is 0 Å². The molecule has 8 nitrogen and oxygen atoms in total. The maximum Gasteiger partial charge on any atom is 0.308 e. The van der Waals surface area contributed by atoms with Crippen molar-refractivity contribution >= 4 is 29.4 Å². The molecule has 2 aromatic carbocycles. The lowest BCUT2D eigenvalue weighted by Gasteiger charge is -2.12. The van der Waals surface area contributed by atoms with Gasteiger partial charge < -0.3 is 9.26 Å². The number of imide groups is 1. The molecule has 152 valence electrons. The van der Waals surface area contributed by atoms with Gasteiger partial charge in [-0.1, -0.05) is 28.4 Å². The number of halogens is 1. The van der Waals surface area contributed by atoms with Crippen LogP contribution in [0.2, 0.25) is 5.02 Å². The highest BCUT2D eigenvalue weighted by molar-refractivity contribution is 6.30. The van der Waals surface area contributed by atoms with E-state index in [-0.39, 0.29) is 25.5 Å². The molecule has 0 bridgehead atoms. The number of aromatic nitrogens is 2. The lowest BCUT2D eigenvalue weighted by atomic mass is 10.1. The van der Waals surface area contributed by atoms with Gasteiger partial charge in [-0.2, -0.15) is 4.98 Å². The minimum Gasteiger partial charge on any atom is -0.456 e. The number of carbonyl (C=O) groups is 3. The number of carbonyl (C=O) groups excluding carboxylic acids is 3. The highest BCUT2D eigenvalue weighted by Gasteiger charge is 2.35. The number of rotatable bonds is 6. The fraction of sp³-hybridized carbons (Fsp3) is 0.190. The number of hydrogen-bond donors (Lipinski definition) is 0. The summed E-state index contributed by atoms with van der Waals surface area (Å²) in [5, 5.41) is 4.42. The molecule has 3 aromatic rings. The Morgan fingerprint density at radius 1 is 1.10 bits per heavy atom. The molecule has 0 N–H and O–H groups in total. The lowest BCUT2D eigenvalue weighted by Crippen LogP contribution is -2.32. The predicted octanol–water partition coefficient (Wildman–Crippen LogP) is 3.43. The molecule has 2 amide bonds. The molecule has 0 radical (unpaired) electrons. The Morgan fingerprint density at radius 2 is 1.83 bits per heavy atom. The normalized spacial score (nSPS) is 12.9. The van der Waals surface area contributed by atoms with Crippen molar-refractivity contribution in [2.24, 2.45) is 0 Å². The minimum atomic E-state index is -0.589. The summed E-state index contributed by atoms with van der Waals surface area (Å²) in [6, 6.07) is 11.9. The van der Waals surface area contributed by atoms with Crippen molar-refractivity contribution < 1.29 is 23.6 Å². The zero-order chi connectivity index (χ0) is 21.3. The Kier molecular flexibility index (Phi) is 5.33. The Morgan fingerprint density at radius 3 is 2.60 bits per heavy atom. The number of nitrogens with zero attached hydrogens (tertiary/aromatic N) is 3. The van der Waals surface area contributed by atoms with Crippen molar-refractivity contribution in [3.8, 4) is 11.4 Å². The highest BCUT2D eigenvalue weighted by atomic mass is 35.5. The summed E-state index contributed by atoms with van der Waals surface area (Å²) in [5.74, 6) is -0.930. The number of amides is 2. The van der Waals surface area contributed by atoms with E-state index in [4.69, 9.17) is 20.9 Å². The zero-order valence-corrected chi connectivity index (χ0v) is 16.7. The second-order valence-corrected chi connectivity index (χ2v) is 7.18. The third kappa shape index (κ3) is 3.95. The second-order valence-electron chi connectivity index (χ2n) is 6.74. The molecule has 1 aliphatic heterocycles. The van der Waals surface area contributed by atoms with Crippen molar-refractivity contribution in [1.82, 2.24) is 15.0 Å². The summed E-state index contributed by atoms with van der Waals surface area (Å²) in [7, 11) is 0. The highest BCUT2D eigenvalue weighted by Crippen LogP contribution is 2.24. The van der Waals surface area contributed by atoms with Crippen LogP contribution >= 0.6 is 11.6 Å². The van der Waals surface area contributed by atoms with Crippen molar-refractivity contribution in [1.29, 1.82) is 0 Å². The van der Waals surface area contributed by atoms with Gasteiger partial charge in [0.15, 0.2) is 6.61 Å². The number of esters is 1. The SMILES string of the molecule is Cc1ccc2c(c1)C(=O)N(CCC(=O)OCc1nc(-c3ccc(Cl)cc3)no1)C2=O. The number of fused-ring (bicyclic) bond motifs is 1. The maximum absolute atomic E-state index is 12.4. The van der Waals surface area contributed by atoms with E-state index in [1.807, 2.05) is 6.92 Å². The lowest BCUT2D eigenvalue weighted by molar-refractivity contribution is -0.145. The summed E-state index contributed by atoms with van der Waals surface area (Å²) in [5.41, 5.74) is 2.30. The van der Waals surface area contributed by atoms with E-state index in [9.17, 15) is 14.4 Å². The van der Waals surface area contributed by atoms with Crippen LogP contribution < -0.4 is 0 Å². The predicted molar refractivity (Wildman–Crippen MR) is 106 cm³/mol.